The van der Waals surface area contributed by atoms with Gasteiger partial charge in [-0.25, -0.2) is 9.59 Å². The van der Waals surface area contributed by atoms with Gasteiger partial charge in [0.15, 0.2) is 12.1 Å². The molecule has 2 N–H and O–H groups in total. The van der Waals surface area contributed by atoms with Crippen molar-refractivity contribution in [1.29, 1.82) is 0 Å². The summed E-state index contributed by atoms with van der Waals surface area (Å²) >= 11 is 6.22. The summed E-state index contributed by atoms with van der Waals surface area (Å²) in [7, 11) is 2.12. The van der Waals surface area contributed by atoms with Crippen LogP contribution in [0.5, 0.6) is 0 Å². The number of carbonyl (C=O) groups excluding carboxylic acids is 4. The molecule has 0 saturated carbocycles. The van der Waals surface area contributed by atoms with Crippen molar-refractivity contribution in [2.45, 2.75) is 103 Å². The maximum atomic E-state index is 12.9. The van der Waals surface area contributed by atoms with E-state index in [2.05, 4.69) is 68.1 Å². The molecule has 2 aromatic carbocycles. The lowest BCUT2D eigenvalue weighted by molar-refractivity contribution is -0.143. The second-order valence-corrected chi connectivity index (χ2v) is 19.6. The average Bonchev–Trinajstić information content (AvgIpc) is 3.88. The van der Waals surface area contributed by atoms with Crippen LogP contribution in [0.25, 0.3) is 0 Å². The highest BCUT2D eigenvalue weighted by atomic mass is 79.9. The highest BCUT2D eigenvalue weighted by Gasteiger charge is 2.51. The zero-order valence-electron chi connectivity index (χ0n) is 34.1. The van der Waals surface area contributed by atoms with E-state index in [-0.39, 0.29) is 22.6 Å². The summed E-state index contributed by atoms with van der Waals surface area (Å²) in [5.41, 5.74) is 1.20. The Morgan fingerprint density at radius 3 is 1.30 bits per heavy atom. The predicted octanol–water partition coefficient (Wildman–Crippen LogP) is 8.44. The molecular weight excluding hydrogens is 815 g/mol. The van der Waals surface area contributed by atoms with Crippen LogP contribution in [0.2, 0.25) is 0 Å². The summed E-state index contributed by atoms with van der Waals surface area (Å²) in [4.78, 5) is 53.3. The summed E-state index contributed by atoms with van der Waals surface area (Å²) in [5.74, 6) is -1.63. The highest BCUT2D eigenvalue weighted by molar-refractivity contribution is 9.10. The van der Waals surface area contributed by atoms with Gasteiger partial charge >= 0.3 is 19.1 Å². The van der Waals surface area contributed by atoms with Gasteiger partial charge in [0.25, 0.3) is 11.8 Å². The predicted molar refractivity (Wildman–Crippen MR) is 227 cm³/mol. The van der Waals surface area contributed by atoms with Crippen LogP contribution in [0.15, 0.2) is 77.3 Å². The van der Waals surface area contributed by atoms with Gasteiger partial charge in [0.05, 0.1) is 35.2 Å². The molecule has 0 bridgehead atoms. The van der Waals surface area contributed by atoms with Crippen molar-refractivity contribution in [2.75, 3.05) is 14.2 Å². The van der Waals surface area contributed by atoms with Crippen LogP contribution in [0.1, 0.15) is 122 Å². The van der Waals surface area contributed by atoms with Crippen LogP contribution in [0.4, 0.5) is 0 Å². The Hall–Kier alpha value is -3.82. The number of hydrogen-bond donors (Lipinski definition) is 2. The first-order chi connectivity index (χ1) is 26.0. The summed E-state index contributed by atoms with van der Waals surface area (Å²) in [6.45, 7) is 20.6. The number of benzene rings is 2. The fourth-order valence-corrected chi connectivity index (χ4v) is 7.60. The Morgan fingerprint density at radius 2 is 0.982 bits per heavy atom. The Bertz CT molecular complexity index is 1990. The van der Waals surface area contributed by atoms with E-state index in [0.29, 0.717) is 20.9 Å². The van der Waals surface area contributed by atoms with Crippen molar-refractivity contribution >= 4 is 74.9 Å². The number of hydrogen-bond acceptors (Lipinski definition) is 10. The van der Waals surface area contributed by atoms with Gasteiger partial charge < -0.3 is 29.4 Å². The van der Waals surface area contributed by atoms with Crippen molar-refractivity contribution in [2.24, 2.45) is 0 Å². The molecule has 10 nitrogen and oxygen atoms in total. The first-order valence-corrected chi connectivity index (χ1v) is 20.6. The first kappa shape index (κ1) is 44.9. The topological polar surface area (TPSA) is 129 Å². The van der Waals surface area contributed by atoms with Crippen molar-refractivity contribution < 1.29 is 38.0 Å². The third kappa shape index (κ3) is 11.0. The van der Waals surface area contributed by atoms with E-state index < -0.39 is 42.3 Å². The molecular formula is C42H52BBrN2O8S2. The maximum Gasteiger partial charge on any atom is 0.494 e. The molecule has 0 aliphatic carbocycles. The van der Waals surface area contributed by atoms with Gasteiger partial charge in [0, 0.05) is 14.2 Å². The Balaban J connectivity index is 0.000000259. The van der Waals surface area contributed by atoms with Crippen LogP contribution in [0.3, 0.4) is 0 Å². The number of esters is 2. The second-order valence-electron chi connectivity index (χ2n) is 16.5. The normalized spacial score (nSPS) is 15.8. The van der Waals surface area contributed by atoms with Crippen molar-refractivity contribution in [1.82, 2.24) is 10.6 Å². The van der Waals surface area contributed by atoms with Crippen LogP contribution in [-0.4, -0.2) is 56.3 Å². The van der Waals surface area contributed by atoms with Crippen LogP contribution in [0, 0.1) is 0 Å². The lowest BCUT2D eigenvalue weighted by Gasteiger charge is -2.32. The van der Waals surface area contributed by atoms with Crippen LogP contribution < -0.4 is 16.1 Å². The van der Waals surface area contributed by atoms with Gasteiger partial charge in [-0.05, 0) is 91.5 Å². The monoisotopic (exact) mass is 866 g/mol. The standard InChI is InChI=1S/C24H32BNO5S.C18H20BrNO3S/c1-22(2,3)18-14-13-17(32-18)20(27)26-19(21(28)29-8)15-9-11-16(12-10-15)25-30-23(4,5)24(6,7)31-25;1-18(2,3)14-10-9-13(24-14)16(21)20-15(17(22)23-4)11-5-7-12(19)8-6-11/h9-14,19H,1-8H3,(H,26,27);5-10,15H,1-4H3,(H,20,21). The maximum absolute atomic E-state index is 12.9. The summed E-state index contributed by atoms with van der Waals surface area (Å²) in [6, 6.07) is 20.2. The number of ether oxygens (including phenoxy) is 2. The lowest BCUT2D eigenvalue weighted by atomic mass is 9.78. The molecule has 0 spiro atoms. The fourth-order valence-electron chi connectivity index (χ4n) is 5.40. The molecule has 0 radical (unpaired) electrons. The molecule has 2 aromatic heterocycles. The third-order valence-electron chi connectivity index (χ3n) is 9.56. The minimum absolute atomic E-state index is 0.0172. The molecule has 5 rings (SSSR count). The molecule has 56 heavy (non-hydrogen) atoms. The van der Waals surface area contributed by atoms with Gasteiger partial charge in [-0.1, -0.05) is 93.9 Å². The summed E-state index contributed by atoms with van der Waals surface area (Å²) in [6.07, 6.45) is 0. The van der Waals surface area contributed by atoms with Crippen molar-refractivity contribution in [3.8, 4) is 0 Å². The van der Waals surface area contributed by atoms with E-state index in [9.17, 15) is 19.2 Å². The zero-order chi connectivity index (χ0) is 41.8. The van der Waals surface area contributed by atoms with E-state index in [1.807, 2.05) is 64.1 Å². The molecule has 1 saturated heterocycles. The van der Waals surface area contributed by atoms with Gasteiger partial charge in [0.1, 0.15) is 0 Å². The first-order valence-electron chi connectivity index (χ1n) is 18.2. The molecule has 1 fully saturated rings. The molecule has 2 atom stereocenters. The molecule has 2 unspecified atom stereocenters. The summed E-state index contributed by atoms with van der Waals surface area (Å²) in [5, 5.41) is 5.58. The summed E-state index contributed by atoms with van der Waals surface area (Å²) < 4.78 is 22.9. The van der Waals surface area contributed by atoms with E-state index >= 15 is 0 Å². The number of halogens is 1. The van der Waals surface area contributed by atoms with E-state index in [0.717, 1.165) is 19.7 Å². The van der Waals surface area contributed by atoms with Crippen molar-refractivity contribution in [3.05, 3.63) is 108 Å². The number of carbonyl (C=O) groups is 4. The van der Waals surface area contributed by atoms with Gasteiger partial charge in [0.2, 0.25) is 0 Å². The smallest absolute Gasteiger partial charge is 0.467 e. The largest absolute Gasteiger partial charge is 0.494 e. The fraction of sp³-hybridized carbons (Fsp3) is 0.429. The highest BCUT2D eigenvalue weighted by Crippen LogP contribution is 2.37. The quantitative estimate of drug-likeness (QED) is 0.127. The van der Waals surface area contributed by atoms with E-state index in [1.165, 1.54) is 36.9 Å². The number of methoxy groups -OCH3 is 2. The van der Waals surface area contributed by atoms with Gasteiger partial charge in [-0.15, -0.1) is 22.7 Å². The van der Waals surface area contributed by atoms with Crippen LogP contribution in [-0.2, 0) is 39.2 Å². The molecule has 3 heterocycles. The van der Waals surface area contributed by atoms with E-state index in [4.69, 9.17) is 18.8 Å². The number of thiophene rings is 2. The minimum Gasteiger partial charge on any atom is -0.467 e. The average molecular weight is 868 g/mol. The minimum atomic E-state index is -0.917. The number of nitrogens with one attached hydrogen (secondary N) is 2. The Labute approximate surface area is 347 Å². The molecule has 300 valence electrons. The molecule has 1 aliphatic heterocycles. The number of rotatable bonds is 9. The van der Waals surface area contributed by atoms with Gasteiger partial charge in [-0.2, -0.15) is 0 Å². The molecule has 1 aliphatic rings. The number of amides is 2. The van der Waals surface area contributed by atoms with Crippen molar-refractivity contribution in [3.63, 3.8) is 0 Å². The van der Waals surface area contributed by atoms with Gasteiger partial charge in [-0.3, -0.25) is 9.59 Å². The van der Waals surface area contributed by atoms with E-state index in [1.54, 1.807) is 36.4 Å². The van der Waals surface area contributed by atoms with Crippen LogP contribution >= 0.6 is 38.6 Å². The molecule has 2 amide bonds. The second kappa shape index (κ2) is 17.8. The Kier molecular flexibility index (Phi) is 14.2. The Morgan fingerprint density at radius 1 is 0.625 bits per heavy atom. The third-order valence-corrected chi connectivity index (χ3v) is 13.1. The molecule has 14 heteroatoms. The molecule has 4 aromatic rings. The SMILES string of the molecule is COC(=O)C(NC(=O)c1ccc(C(C)(C)C)s1)c1ccc(B2OC(C)(C)C(C)(C)O2)cc1.COC(=O)C(NC(=O)c1ccc(C(C)(C)C)s1)c1ccc(Br)cc1. The lowest BCUT2D eigenvalue weighted by Crippen LogP contribution is -2.41. The zero-order valence-corrected chi connectivity index (χ0v) is 37.3.